The lowest BCUT2D eigenvalue weighted by Gasteiger charge is -2.05. The van der Waals surface area contributed by atoms with Crippen LogP contribution in [-0.4, -0.2) is 20.4 Å². The molecule has 4 rings (SSSR count). The number of nitrogens with zero attached hydrogens (tertiary/aromatic N) is 3. The third kappa shape index (κ3) is 2.68. The molecule has 2 heterocycles. The lowest BCUT2D eigenvalue weighted by Crippen LogP contribution is -2.05. The monoisotopic (exact) mass is 361 g/mol. The predicted octanol–water partition coefficient (Wildman–Crippen LogP) is 5.23. The second kappa shape index (κ2) is 6.39. The second-order valence-electron chi connectivity index (χ2n) is 6.15. The number of Topliss-reactive ketones (excluding diaryl/α,β-unsaturated/α-hetero) is 1. The van der Waals surface area contributed by atoms with Gasteiger partial charge in [-0.25, -0.2) is 9.50 Å². The van der Waals surface area contributed by atoms with Gasteiger partial charge in [0.1, 0.15) is 5.69 Å². The molecule has 4 nitrogen and oxygen atoms in total. The largest absolute Gasteiger partial charge is 0.294 e. The number of fused-ring (bicyclic) bond motifs is 1. The number of benzene rings is 2. The highest BCUT2D eigenvalue weighted by molar-refractivity contribution is 6.30. The van der Waals surface area contributed by atoms with E-state index in [1.54, 1.807) is 10.7 Å². The van der Waals surface area contributed by atoms with Crippen LogP contribution in [-0.2, 0) is 0 Å². The van der Waals surface area contributed by atoms with Crippen LogP contribution in [0.1, 0.15) is 23.0 Å². The molecule has 0 aliphatic rings. The Hall–Kier alpha value is -2.98. The van der Waals surface area contributed by atoms with Crippen LogP contribution >= 0.6 is 11.6 Å². The summed E-state index contributed by atoms with van der Waals surface area (Å²) >= 11 is 6.05. The zero-order valence-corrected chi connectivity index (χ0v) is 15.2. The quantitative estimate of drug-likeness (QED) is 0.469. The van der Waals surface area contributed by atoms with Crippen molar-refractivity contribution in [2.24, 2.45) is 0 Å². The van der Waals surface area contributed by atoms with E-state index >= 15 is 0 Å². The number of rotatable bonds is 3. The summed E-state index contributed by atoms with van der Waals surface area (Å²) in [7, 11) is 0. The number of hydrogen-bond donors (Lipinski definition) is 0. The van der Waals surface area contributed by atoms with Crippen molar-refractivity contribution in [2.45, 2.75) is 13.8 Å². The second-order valence-corrected chi connectivity index (χ2v) is 6.58. The van der Waals surface area contributed by atoms with E-state index in [4.69, 9.17) is 16.7 Å². The maximum atomic E-state index is 11.9. The minimum absolute atomic E-state index is 0.0262. The molecule has 0 saturated carbocycles. The van der Waals surface area contributed by atoms with Gasteiger partial charge in [0.25, 0.3) is 0 Å². The van der Waals surface area contributed by atoms with E-state index in [-0.39, 0.29) is 5.78 Å². The highest BCUT2D eigenvalue weighted by Gasteiger charge is 2.20. The van der Waals surface area contributed by atoms with Crippen molar-refractivity contribution in [3.05, 3.63) is 77.1 Å². The van der Waals surface area contributed by atoms with Gasteiger partial charge in [-0.05, 0) is 31.5 Å². The Labute approximate surface area is 156 Å². The fourth-order valence-corrected chi connectivity index (χ4v) is 3.25. The summed E-state index contributed by atoms with van der Waals surface area (Å²) in [6, 6.07) is 17.6. The Balaban J connectivity index is 2.08. The molecule has 0 radical (unpaired) electrons. The molecule has 0 aliphatic carbocycles. The molecule has 5 heteroatoms. The summed E-state index contributed by atoms with van der Waals surface area (Å²) < 4.78 is 1.75. The van der Waals surface area contributed by atoms with Gasteiger partial charge in [-0.1, -0.05) is 54.1 Å². The zero-order chi connectivity index (χ0) is 18.3. The van der Waals surface area contributed by atoms with Crippen LogP contribution in [0.2, 0.25) is 5.02 Å². The number of ketones is 1. The normalized spacial score (nSPS) is 11.0. The molecule has 4 aromatic rings. The molecule has 0 atom stereocenters. The smallest absolute Gasteiger partial charge is 0.163 e. The maximum Gasteiger partial charge on any atom is 0.163 e. The molecular weight excluding hydrogens is 346 g/mol. The molecule has 128 valence electrons. The van der Waals surface area contributed by atoms with Crippen molar-refractivity contribution in [3.63, 3.8) is 0 Å². The number of aromatic nitrogens is 3. The van der Waals surface area contributed by atoms with E-state index < -0.39 is 0 Å². The molecule has 0 saturated heterocycles. The van der Waals surface area contributed by atoms with Gasteiger partial charge in [-0.15, -0.1) is 0 Å². The van der Waals surface area contributed by atoms with Gasteiger partial charge in [0.05, 0.1) is 16.8 Å². The SMILES string of the molecule is CC(=O)c1cnc2c(-c3ccc(Cl)cc3)c(-c3ccccc3)nn2c1C. The van der Waals surface area contributed by atoms with Gasteiger partial charge in [0, 0.05) is 16.8 Å². The van der Waals surface area contributed by atoms with E-state index in [0.29, 0.717) is 16.2 Å². The van der Waals surface area contributed by atoms with Crippen LogP contribution in [0.15, 0.2) is 60.8 Å². The van der Waals surface area contributed by atoms with Crippen molar-refractivity contribution in [3.8, 4) is 22.4 Å². The molecule has 0 unspecified atom stereocenters. The number of halogens is 1. The molecule has 0 fully saturated rings. The fourth-order valence-electron chi connectivity index (χ4n) is 3.12. The molecular formula is C21H16ClN3O. The summed E-state index contributed by atoms with van der Waals surface area (Å²) in [5.41, 5.74) is 5.78. The van der Waals surface area contributed by atoms with Crippen LogP contribution in [0.4, 0.5) is 0 Å². The van der Waals surface area contributed by atoms with Gasteiger partial charge in [-0.3, -0.25) is 4.79 Å². The van der Waals surface area contributed by atoms with Crippen LogP contribution in [0.5, 0.6) is 0 Å². The van der Waals surface area contributed by atoms with Gasteiger partial charge in [-0.2, -0.15) is 5.10 Å². The molecule has 0 aliphatic heterocycles. The highest BCUT2D eigenvalue weighted by Crippen LogP contribution is 2.35. The van der Waals surface area contributed by atoms with E-state index in [2.05, 4.69) is 4.98 Å². The van der Waals surface area contributed by atoms with E-state index in [1.165, 1.54) is 6.92 Å². The Bertz CT molecular complexity index is 1120. The summed E-state index contributed by atoms with van der Waals surface area (Å²) in [5.74, 6) is -0.0262. The van der Waals surface area contributed by atoms with E-state index in [9.17, 15) is 4.79 Å². The Morgan fingerprint density at radius 1 is 1.00 bits per heavy atom. The van der Waals surface area contributed by atoms with Crippen molar-refractivity contribution < 1.29 is 4.79 Å². The average molecular weight is 362 g/mol. The van der Waals surface area contributed by atoms with Crippen molar-refractivity contribution in [1.29, 1.82) is 0 Å². The fraction of sp³-hybridized carbons (Fsp3) is 0.0952. The topological polar surface area (TPSA) is 47.3 Å². The molecule has 26 heavy (non-hydrogen) atoms. The third-order valence-electron chi connectivity index (χ3n) is 4.44. The Morgan fingerprint density at radius 3 is 2.35 bits per heavy atom. The summed E-state index contributed by atoms with van der Waals surface area (Å²) in [6.45, 7) is 3.43. The summed E-state index contributed by atoms with van der Waals surface area (Å²) in [5, 5.41) is 5.47. The first-order valence-corrected chi connectivity index (χ1v) is 8.64. The number of carbonyl (C=O) groups excluding carboxylic acids is 1. The standard InChI is InChI=1S/C21H16ClN3O/c1-13-18(14(2)26)12-23-21-19(15-8-10-17(22)11-9-15)20(24-25(13)21)16-6-4-3-5-7-16/h3-12H,1-2H3. The van der Waals surface area contributed by atoms with E-state index in [0.717, 1.165) is 28.1 Å². The van der Waals surface area contributed by atoms with Crippen molar-refractivity contribution in [1.82, 2.24) is 14.6 Å². The Morgan fingerprint density at radius 2 is 1.69 bits per heavy atom. The lowest BCUT2D eigenvalue weighted by molar-refractivity contribution is 0.101. The first-order valence-electron chi connectivity index (χ1n) is 8.27. The van der Waals surface area contributed by atoms with Crippen LogP contribution in [0.25, 0.3) is 28.0 Å². The molecule has 2 aromatic heterocycles. The zero-order valence-electron chi connectivity index (χ0n) is 14.4. The van der Waals surface area contributed by atoms with E-state index in [1.807, 2.05) is 61.5 Å². The summed E-state index contributed by atoms with van der Waals surface area (Å²) in [6.07, 6.45) is 1.63. The number of carbonyl (C=O) groups is 1. The van der Waals surface area contributed by atoms with Crippen LogP contribution in [0, 0.1) is 6.92 Å². The van der Waals surface area contributed by atoms with Crippen LogP contribution in [0.3, 0.4) is 0 Å². The minimum Gasteiger partial charge on any atom is -0.294 e. The third-order valence-corrected chi connectivity index (χ3v) is 4.70. The summed E-state index contributed by atoms with van der Waals surface area (Å²) in [4.78, 5) is 16.4. The average Bonchev–Trinajstić information content (AvgIpc) is 3.04. The predicted molar refractivity (Wildman–Crippen MR) is 104 cm³/mol. The first kappa shape index (κ1) is 16.5. The Kier molecular flexibility index (Phi) is 4.05. The highest BCUT2D eigenvalue weighted by atomic mass is 35.5. The minimum atomic E-state index is -0.0262. The van der Waals surface area contributed by atoms with Crippen molar-refractivity contribution >= 4 is 23.0 Å². The number of aryl methyl sites for hydroxylation is 1. The maximum absolute atomic E-state index is 11.9. The molecule has 2 aromatic carbocycles. The van der Waals surface area contributed by atoms with Gasteiger partial charge in [0.15, 0.2) is 11.4 Å². The lowest BCUT2D eigenvalue weighted by atomic mass is 10.0. The van der Waals surface area contributed by atoms with Crippen LogP contribution < -0.4 is 0 Å². The van der Waals surface area contributed by atoms with Gasteiger partial charge in [0.2, 0.25) is 0 Å². The molecule has 0 spiro atoms. The molecule has 0 bridgehead atoms. The van der Waals surface area contributed by atoms with Gasteiger partial charge >= 0.3 is 0 Å². The first-order chi connectivity index (χ1) is 12.6. The molecule has 0 N–H and O–H groups in total. The van der Waals surface area contributed by atoms with Crippen molar-refractivity contribution in [2.75, 3.05) is 0 Å². The number of hydrogen-bond acceptors (Lipinski definition) is 3. The van der Waals surface area contributed by atoms with Gasteiger partial charge < -0.3 is 0 Å². The molecule has 0 amide bonds.